The van der Waals surface area contributed by atoms with E-state index < -0.39 is 0 Å². The van der Waals surface area contributed by atoms with Gasteiger partial charge in [0.25, 0.3) is 0 Å². The maximum atomic E-state index is 11.9. The Bertz CT molecular complexity index is 273. The van der Waals surface area contributed by atoms with Crippen molar-refractivity contribution in [2.75, 3.05) is 26.2 Å². The standard InChI is InChI=1S/C15H31BN2O2/c1-3-5-7-8-14(19)13-18(15(20)12-16)11-10-17-9-6-4-2/h17H,3-13,16H2,1-2H3. The summed E-state index contributed by atoms with van der Waals surface area (Å²) < 4.78 is 0. The highest BCUT2D eigenvalue weighted by Crippen LogP contribution is 2.02. The lowest BCUT2D eigenvalue weighted by Gasteiger charge is -2.22. The molecular weight excluding hydrogens is 251 g/mol. The van der Waals surface area contributed by atoms with Crippen LogP contribution in [0.15, 0.2) is 0 Å². The lowest BCUT2D eigenvalue weighted by molar-refractivity contribution is -0.133. The molecule has 0 fully saturated rings. The zero-order valence-corrected chi connectivity index (χ0v) is 13.5. The van der Waals surface area contributed by atoms with Crippen molar-refractivity contribution < 1.29 is 9.59 Å². The normalized spacial score (nSPS) is 10.5. The summed E-state index contributed by atoms with van der Waals surface area (Å²) in [6, 6.07) is 0. The fraction of sp³-hybridized carbons (Fsp3) is 0.867. The van der Waals surface area contributed by atoms with Crippen LogP contribution in [-0.2, 0) is 9.59 Å². The van der Waals surface area contributed by atoms with Crippen molar-refractivity contribution in [2.24, 2.45) is 0 Å². The molecule has 0 spiro atoms. The van der Waals surface area contributed by atoms with Crippen LogP contribution < -0.4 is 5.32 Å². The number of nitrogens with zero attached hydrogens (tertiary/aromatic N) is 1. The molecule has 0 aliphatic carbocycles. The molecule has 0 aromatic rings. The molecule has 0 bridgehead atoms. The van der Waals surface area contributed by atoms with Crippen LogP contribution in [0.4, 0.5) is 0 Å². The Morgan fingerprint density at radius 2 is 1.75 bits per heavy atom. The summed E-state index contributed by atoms with van der Waals surface area (Å²) in [7, 11) is 1.85. The van der Waals surface area contributed by atoms with Crippen molar-refractivity contribution in [1.82, 2.24) is 10.2 Å². The third kappa shape index (κ3) is 10.0. The number of rotatable bonds is 13. The SMILES string of the molecule is BCC(=O)N(CCNCCCC)CC(=O)CCCCC. The van der Waals surface area contributed by atoms with Crippen LogP contribution in [0.1, 0.15) is 52.4 Å². The summed E-state index contributed by atoms with van der Waals surface area (Å²) in [5, 5.41) is 3.32. The summed E-state index contributed by atoms with van der Waals surface area (Å²) in [4.78, 5) is 25.4. The summed E-state index contributed by atoms with van der Waals surface area (Å²) in [5.74, 6) is 0.264. The second-order valence-corrected chi connectivity index (χ2v) is 5.27. The van der Waals surface area contributed by atoms with Gasteiger partial charge in [-0.15, -0.1) is 0 Å². The molecule has 0 aliphatic heterocycles. The number of amides is 1. The van der Waals surface area contributed by atoms with E-state index >= 15 is 0 Å². The highest BCUT2D eigenvalue weighted by molar-refractivity contribution is 6.19. The minimum atomic E-state index is 0.0751. The van der Waals surface area contributed by atoms with E-state index in [1.807, 2.05) is 7.85 Å². The van der Waals surface area contributed by atoms with Gasteiger partial charge in [0.2, 0.25) is 5.91 Å². The average Bonchev–Trinajstić information content (AvgIpc) is 2.45. The Morgan fingerprint density at radius 1 is 1.05 bits per heavy atom. The molecule has 0 atom stereocenters. The number of hydrogen-bond donors (Lipinski definition) is 1. The summed E-state index contributed by atoms with van der Waals surface area (Å²) in [6.45, 7) is 6.95. The molecule has 0 unspecified atom stereocenters. The molecule has 0 radical (unpaired) electrons. The Hall–Kier alpha value is -0.835. The Kier molecular flexibility index (Phi) is 12.6. The fourth-order valence-electron chi connectivity index (χ4n) is 2.02. The molecule has 116 valence electrons. The van der Waals surface area contributed by atoms with Gasteiger partial charge < -0.3 is 10.2 Å². The van der Waals surface area contributed by atoms with E-state index in [4.69, 9.17) is 0 Å². The van der Waals surface area contributed by atoms with Crippen molar-refractivity contribution in [3.8, 4) is 0 Å². The maximum absolute atomic E-state index is 11.9. The average molecular weight is 282 g/mol. The van der Waals surface area contributed by atoms with E-state index in [0.717, 1.165) is 38.8 Å². The monoisotopic (exact) mass is 282 g/mol. The Morgan fingerprint density at radius 3 is 2.35 bits per heavy atom. The van der Waals surface area contributed by atoms with Crippen molar-refractivity contribution in [3.05, 3.63) is 0 Å². The van der Waals surface area contributed by atoms with E-state index in [1.165, 1.54) is 6.42 Å². The van der Waals surface area contributed by atoms with Crippen LogP contribution in [0, 0.1) is 0 Å². The van der Waals surface area contributed by atoms with Crippen LogP contribution >= 0.6 is 0 Å². The minimum Gasteiger partial charge on any atom is -0.335 e. The van der Waals surface area contributed by atoms with Gasteiger partial charge in [-0.3, -0.25) is 9.59 Å². The zero-order valence-electron chi connectivity index (χ0n) is 13.5. The fourth-order valence-corrected chi connectivity index (χ4v) is 2.02. The van der Waals surface area contributed by atoms with E-state index in [2.05, 4.69) is 19.2 Å². The van der Waals surface area contributed by atoms with Crippen molar-refractivity contribution in [3.63, 3.8) is 0 Å². The number of nitrogens with one attached hydrogen (secondary N) is 1. The van der Waals surface area contributed by atoms with Crippen LogP contribution in [-0.4, -0.2) is 50.6 Å². The summed E-state index contributed by atoms with van der Waals surface area (Å²) in [6.07, 6.45) is 6.54. The second-order valence-electron chi connectivity index (χ2n) is 5.27. The highest BCUT2D eigenvalue weighted by atomic mass is 16.2. The third-order valence-electron chi connectivity index (χ3n) is 3.35. The van der Waals surface area contributed by atoms with Gasteiger partial charge in [0.1, 0.15) is 7.85 Å². The molecule has 20 heavy (non-hydrogen) atoms. The first-order valence-electron chi connectivity index (χ1n) is 8.15. The Balaban J connectivity index is 4.01. The molecule has 0 aromatic carbocycles. The molecule has 0 saturated heterocycles. The molecule has 5 heteroatoms. The summed E-state index contributed by atoms with van der Waals surface area (Å²) in [5.41, 5.74) is 0. The topological polar surface area (TPSA) is 49.4 Å². The number of unbranched alkanes of at least 4 members (excludes halogenated alkanes) is 3. The lowest BCUT2D eigenvalue weighted by Crippen LogP contribution is -2.40. The van der Waals surface area contributed by atoms with E-state index in [9.17, 15) is 9.59 Å². The minimum absolute atomic E-state index is 0.0751. The Labute approximate surface area is 125 Å². The van der Waals surface area contributed by atoms with Gasteiger partial charge in [0, 0.05) is 19.5 Å². The molecule has 1 N–H and O–H groups in total. The van der Waals surface area contributed by atoms with Crippen LogP contribution in [0.25, 0.3) is 0 Å². The van der Waals surface area contributed by atoms with Gasteiger partial charge in [0.15, 0.2) is 5.78 Å². The molecule has 0 aliphatic rings. The first-order valence-corrected chi connectivity index (χ1v) is 8.15. The molecule has 0 rings (SSSR count). The van der Waals surface area contributed by atoms with Crippen molar-refractivity contribution in [1.29, 1.82) is 0 Å². The van der Waals surface area contributed by atoms with Gasteiger partial charge in [-0.25, -0.2) is 0 Å². The zero-order chi connectivity index (χ0) is 15.2. The molecule has 0 heterocycles. The van der Waals surface area contributed by atoms with Gasteiger partial charge >= 0.3 is 0 Å². The molecule has 0 saturated carbocycles. The first kappa shape index (κ1) is 19.2. The predicted octanol–water partition coefficient (Wildman–Crippen LogP) is 1.41. The van der Waals surface area contributed by atoms with Gasteiger partial charge in [-0.1, -0.05) is 33.1 Å². The van der Waals surface area contributed by atoms with Crippen molar-refractivity contribution in [2.45, 2.75) is 58.7 Å². The molecule has 1 amide bonds. The first-order chi connectivity index (χ1) is 9.65. The lowest BCUT2D eigenvalue weighted by atomic mass is 10.0. The quantitative estimate of drug-likeness (QED) is 0.410. The van der Waals surface area contributed by atoms with Gasteiger partial charge in [-0.05, 0) is 25.7 Å². The van der Waals surface area contributed by atoms with E-state index in [-0.39, 0.29) is 18.2 Å². The van der Waals surface area contributed by atoms with E-state index in [0.29, 0.717) is 19.3 Å². The van der Waals surface area contributed by atoms with Crippen LogP contribution in [0.5, 0.6) is 0 Å². The molecular formula is C15H31BN2O2. The third-order valence-corrected chi connectivity index (χ3v) is 3.35. The second kappa shape index (κ2) is 13.2. The summed E-state index contributed by atoms with van der Waals surface area (Å²) >= 11 is 0. The molecule has 4 nitrogen and oxygen atoms in total. The number of carbonyl (C=O) groups excluding carboxylic acids is 2. The maximum Gasteiger partial charge on any atom is 0.215 e. The highest BCUT2D eigenvalue weighted by Gasteiger charge is 2.14. The predicted molar refractivity (Wildman–Crippen MR) is 86.9 cm³/mol. The number of hydrogen-bond acceptors (Lipinski definition) is 3. The van der Waals surface area contributed by atoms with Crippen LogP contribution in [0.2, 0.25) is 6.32 Å². The van der Waals surface area contributed by atoms with Gasteiger partial charge in [-0.2, -0.15) is 0 Å². The number of carbonyl (C=O) groups is 2. The number of Topliss-reactive ketones (excluding diaryl/α,β-unsaturated/α-hetero) is 1. The van der Waals surface area contributed by atoms with E-state index in [1.54, 1.807) is 4.90 Å². The smallest absolute Gasteiger partial charge is 0.215 e. The van der Waals surface area contributed by atoms with Crippen LogP contribution in [0.3, 0.4) is 0 Å². The molecule has 0 aromatic heterocycles. The number of ketones is 1. The largest absolute Gasteiger partial charge is 0.335 e. The van der Waals surface area contributed by atoms with Gasteiger partial charge in [0.05, 0.1) is 6.54 Å². The van der Waals surface area contributed by atoms with Crippen molar-refractivity contribution >= 4 is 19.5 Å².